The fourth-order valence-electron chi connectivity index (χ4n) is 3.52. The Morgan fingerprint density at radius 1 is 1.25 bits per heavy atom. The zero-order valence-electron chi connectivity index (χ0n) is 12.5. The third kappa shape index (κ3) is 2.59. The number of piperidine rings is 1. The highest BCUT2D eigenvalue weighted by atomic mass is 16.2. The monoisotopic (exact) mass is 272 g/mol. The third-order valence-electron chi connectivity index (χ3n) is 4.76. The summed E-state index contributed by atoms with van der Waals surface area (Å²) in [5, 5.41) is 6.47. The molecule has 3 rings (SSSR count). The Labute approximate surface area is 121 Å². The molecule has 2 N–H and O–H groups in total. The van der Waals surface area contributed by atoms with Crippen LogP contribution in [0.4, 0.5) is 5.69 Å². The molecule has 108 valence electrons. The van der Waals surface area contributed by atoms with E-state index in [9.17, 15) is 4.79 Å². The lowest BCUT2D eigenvalue weighted by Gasteiger charge is -2.38. The Bertz CT molecular complexity index is 522. The van der Waals surface area contributed by atoms with Crippen molar-refractivity contribution in [1.29, 1.82) is 0 Å². The highest BCUT2D eigenvalue weighted by Crippen LogP contribution is 2.31. The minimum atomic E-state index is -0.0931. The van der Waals surface area contributed by atoms with E-state index in [0.717, 1.165) is 31.5 Å². The van der Waals surface area contributed by atoms with Crippen LogP contribution < -0.4 is 10.6 Å². The first-order valence-electron chi connectivity index (χ1n) is 7.72. The molecule has 1 atom stereocenters. The molecule has 0 bridgehead atoms. The van der Waals surface area contributed by atoms with Gasteiger partial charge in [-0.05, 0) is 67.3 Å². The molecule has 1 fully saturated rings. The first kappa shape index (κ1) is 13.6. The normalized spacial score (nSPS) is 24.2. The number of nitrogens with one attached hydrogen (secondary N) is 2. The summed E-state index contributed by atoms with van der Waals surface area (Å²) in [6, 6.07) is 6.26. The van der Waals surface area contributed by atoms with Crippen LogP contribution in [0.5, 0.6) is 0 Å². The molecule has 20 heavy (non-hydrogen) atoms. The maximum absolute atomic E-state index is 12.5. The van der Waals surface area contributed by atoms with Gasteiger partial charge in [0, 0.05) is 5.69 Å². The van der Waals surface area contributed by atoms with Gasteiger partial charge in [-0.2, -0.15) is 0 Å². The van der Waals surface area contributed by atoms with Gasteiger partial charge in [0.05, 0.1) is 6.04 Å². The second kappa shape index (κ2) is 5.21. The smallest absolute Gasteiger partial charge is 0.242 e. The van der Waals surface area contributed by atoms with Gasteiger partial charge < -0.3 is 10.6 Å². The van der Waals surface area contributed by atoms with Crippen LogP contribution in [0.1, 0.15) is 44.2 Å². The van der Waals surface area contributed by atoms with Crippen molar-refractivity contribution >= 4 is 11.6 Å². The molecule has 1 aromatic carbocycles. The quantitative estimate of drug-likeness (QED) is 0.869. The van der Waals surface area contributed by atoms with E-state index in [0.29, 0.717) is 0 Å². The van der Waals surface area contributed by atoms with Gasteiger partial charge in [-0.25, -0.2) is 0 Å². The number of rotatable bonds is 2. The van der Waals surface area contributed by atoms with Crippen molar-refractivity contribution < 1.29 is 4.79 Å². The van der Waals surface area contributed by atoms with E-state index in [1.807, 2.05) is 6.07 Å². The zero-order valence-corrected chi connectivity index (χ0v) is 12.5. The van der Waals surface area contributed by atoms with Crippen LogP contribution in [0.3, 0.4) is 0 Å². The maximum Gasteiger partial charge on any atom is 0.242 e. The van der Waals surface area contributed by atoms with E-state index >= 15 is 0 Å². The molecule has 3 heteroatoms. The predicted octanol–water partition coefficient (Wildman–Crippen LogP) is 2.89. The highest BCUT2D eigenvalue weighted by molar-refractivity contribution is 5.95. The molecule has 0 radical (unpaired) electrons. The summed E-state index contributed by atoms with van der Waals surface area (Å²) in [6.45, 7) is 5.28. The number of benzene rings is 1. The van der Waals surface area contributed by atoms with Crippen molar-refractivity contribution in [1.82, 2.24) is 5.32 Å². The van der Waals surface area contributed by atoms with Gasteiger partial charge in [-0.3, -0.25) is 4.79 Å². The van der Waals surface area contributed by atoms with E-state index in [1.165, 1.54) is 24.0 Å². The second-order valence-corrected chi connectivity index (χ2v) is 6.81. The number of fused-ring (bicyclic) bond motifs is 1. The van der Waals surface area contributed by atoms with E-state index < -0.39 is 0 Å². The first-order valence-corrected chi connectivity index (χ1v) is 7.72. The average Bonchev–Trinajstić information content (AvgIpc) is 2.85. The molecule has 1 aromatic rings. The summed E-state index contributed by atoms with van der Waals surface area (Å²) in [4.78, 5) is 12.5. The van der Waals surface area contributed by atoms with Crippen molar-refractivity contribution in [2.45, 2.75) is 52.0 Å². The molecule has 1 heterocycles. The van der Waals surface area contributed by atoms with Crippen LogP contribution in [-0.2, 0) is 17.6 Å². The van der Waals surface area contributed by atoms with Gasteiger partial charge in [0.1, 0.15) is 0 Å². The van der Waals surface area contributed by atoms with Crippen molar-refractivity contribution in [3.05, 3.63) is 29.3 Å². The molecular formula is C17H24N2O. The van der Waals surface area contributed by atoms with Crippen LogP contribution >= 0.6 is 0 Å². The number of carbonyl (C=O) groups is 1. The summed E-state index contributed by atoms with van der Waals surface area (Å²) in [5.74, 6) is 0.104. The first-order chi connectivity index (χ1) is 9.56. The highest BCUT2D eigenvalue weighted by Gasteiger charge is 2.37. The number of hydrogen-bond donors (Lipinski definition) is 2. The lowest BCUT2D eigenvalue weighted by Crippen LogP contribution is -2.53. The number of amides is 1. The van der Waals surface area contributed by atoms with Gasteiger partial charge in [-0.15, -0.1) is 0 Å². The fraction of sp³-hybridized carbons (Fsp3) is 0.588. The summed E-state index contributed by atoms with van der Waals surface area (Å²) in [6.07, 6.45) is 5.81. The predicted molar refractivity (Wildman–Crippen MR) is 81.9 cm³/mol. The number of hydrogen-bond acceptors (Lipinski definition) is 2. The topological polar surface area (TPSA) is 41.1 Å². The molecular weight excluding hydrogens is 248 g/mol. The fourth-order valence-corrected chi connectivity index (χ4v) is 3.52. The van der Waals surface area contributed by atoms with Gasteiger partial charge in [-0.1, -0.05) is 19.9 Å². The minimum absolute atomic E-state index is 0.0268. The Morgan fingerprint density at radius 2 is 2.05 bits per heavy atom. The largest absolute Gasteiger partial charge is 0.325 e. The molecule has 1 aliphatic carbocycles. The Morgan fingerprint density at radius 3 is 2.85 bits per heavy atom. The summed E-state index contributed by atoms with van der Waals surface area (Å²) in [7, 11) is 0. The SMILES string of the molecule is CC1(C)CCCNC1C(=O)Nc1ccc2c(c1)CCC2. The van der Waals surface area contributed by atoms with Crippen LogP contribution in [-0.4, -0.2) is 18.5 Å². The van der Waals surface area contributed by atoms with Gasteiger partial charge >= 0.3 is 0 Å². The van der Waals surface area contributed by atoms with Gasteiger partial charge in [0.15, 0.2) is 0 Å². The van der Waals surface area contributed by atoms with Crippen molar-refractivity contribution in [3.8, 4) is 0 Å². The van der Waals surface area contributed by atoms with Gasteiger partial charge in [0.25, 0.3) is 0 Å². The summed E-state index contributed by atoms with van der Waals surface area (Å²) >= 11 is 0. The van der Waals surface area contributed by atoms with E-state index in [4.69, 9.17) is 0 Å². The van der Waals surface area contributed by atoms with E-state index in [1.54, 1.807) is 0 Å². The number of aryl methyl sites for hydroxylation is 2. The number of anilines is 1. The summed E-state index contributed by atoms with van der Waals surface area (Å²) in [5.41, 5.74) is 3.82. The lowest BCUT2D eigenvalue weighted by molar-refractivity contribution is -0.121. The van der Waals surface area contributed by atoms with Crippen LogP contribution in [0.15, 0.2) is 18.2 Å². The Balaban J connectivity index is 1.72. The molecule has 0 spiro atoms. The molecule has 1 saturated heterocycles. The molecule has 1 amide bonds. The second-order valence-electron chi connectivity index (χ2n) is 6.81. The van der Waals surface area contributed by atoms with E-state index in [-0.39, 0.29) is 17.4 Å². The standard InChI is InChI=1S/C17H24N2O/c1-17(2)9-4-10-18-15(17)16(20)19-14-8-7-12-5-3-6-13(12)11-14/h7-8,11,15,18H,3-6,9-10H2,1-2H3,(H,19,20). The van der Waals surface area contributed by atoms with Crippen LogP contribution in [0.25, 0.3) is 0 Å². The average molecular weight is 272 g/mol. The molecule has 0 saturated carbocycles. The van der Waals surface area contributed by atoms with Crippen LogP contribution in [0.2, 0.25) is 0 Å². The maximum atomic E-state index is 12.5. The molecule has 2 aliphatic rings. The van der Waals surface area contributed by atoms with Crippen molar-refractivity contribution in [2.75, 3.05) is 11.9 Å². The molecule has 1 unspecified atom stereocenters. The Kier molecular flexibility index (Phi) is 3.55. The lowest BCUT2D eigenvalue weighted by atomic mass is 9.77. The van der Waals surface area contributed by atoms with Crippen molar-refractivity contribution in [2.24, 2.45) is 5.41 Å². The third-order valence-corrected chi connectivity index (χ3v) is 4.76. The molecule has 0 aromatic heterocycles. The van der Waals surface area contributed by atoms with Gasteiger partial charge in [0.2, 0.25) is 5.91 Å². The van der Waals surface area contributed by atoms with Crippen LogP contribution in [0, 0.1) is 5.41 Å². The van der Waals surface area contributed by atoms with E-state index in [2.05, 4.69) is 36.6 Å². The zero-order chi connectivity index (χ0) is 14.2. The Hall–Kier alpha value is -1.35. The number of carbonyl (C=O) groups excluding carboxylic acids is 1. The summed E-state index contributed by atoms with van der Waals surface area (Å²) < 4.78 is 0. The van der Waals surface area contributed by atoms with Crippen molar-refractivity contribution in [3.63, 3.8) is 0 Å². The molecule has 3 nitrogen and oxygen atoms in total. The molecule has 1 aliphatic heterocycles. The minimum Gasteiger partial charge on any atom is -0.325 e.